The molecule has 0 spiro atoms. The quantitative estimate of drug-likeness (QED) is 0.900. The SMILES string of the molecule is CCC(N)Cc1ccc(OC2CCCCC2)nc1.Cl. The van der Waals surface area contributed by atoms with Gasteiger partial charge >= 0.3 is 0 Å². The molecule has 1 aromatic rings. The molecule has 3 nitrogen and oxygen atoms in total. The Kier molecular flexibility index (Phi) is 7.17. The molecule has 19 heavy (non-hydrogen) atoms. The van der Waals surface area contributed by atoms with E-state index in [4.69, 9.17) is 10.5 Å². The highest BCUT2D eigenvalue weighted by molar-refractivity contribution is 5.85. The maximum Gasteiger partial charge on any atom is 0.213 e. The van der Waals surface area contributed by atoms with E-state index >= 15 is 0 Å². The van der Waals surface area contributed by atoms with Gasteiger partial charge in [-0.1, -0.05) is 19.4 Å². The van der Waals surface area contributed by atoms with Gasteiger partial charge in [0.05, 0.1) is 0 Å². The summed E-state index contributed by atoms with van der Waals surface area (Å²) >= 11 is 0. The Bertz CT molecular complexity index is 350. The summed E-state index contributed by atoms with van der Waals surface area (Å²) in [5.41, 5.74) is 7.13. The largest absolute Gasteiger partial charge is 0.474 e. The van der Waals surface area contributed by atoms with E-state index in [1.807, 2.05) is 12.3 Å². The molecule has 0 aliphatic heterocycles. The third kappa shape index (κ3) is 5.37. The summed E-state index contributed by atoms with van der Waals surface area (Å²) in [7, 11) is 0. The van der Waals surface area contributed by atoms with Gasteiger partial charge in [-0.25, -0.2) is 4.98 Å². The predicted molar refractivity (Wildman–Crippen MR) is 81.0 cm³/mol. The molecule has 1 atom stereocenters. The topological polar surface area (TPSA) is 48.1 Å². The highest BCUT2D eigenvalue weighted by Crippen LogP contribution is 2.22. The number of aromatic nitrogens is 1. The van der Waals surface area contributed by atoms with Crippen LogP contribution in [0.4, 0.5) is 0 Å². The molecule has 0 amide bonds. The summed E-state index contributed by atoms with van der Waals surface area (Å²) in [5.74, 6) is 0.760. The molecule has 1 unspecified atom stereocenters. The average Bonchev–Trinajstić information content (AvgIpc) is 2.42. The molecule has 1 heterocycles. The van der Waals surface area contributed by atoms with E-state index in [0.717, 1.165) is 18.7 Å². The van der Waals surface area contributed by atoms with Crippen molar-refractivity contribution >= 4 is 12.4 Å². The summed E-state index contributed by atoms with van der Waals surface area (Å²) in [5, 5.41) is 0. The Hall–Kier alpha value is -0.800. The van der Waals surface area contributed by atoms with Crippen molar-refractivity contribution < 1.29 is 4.74 Å². The number of nitrogens with zero attached hydrogens (tertiary/aromatic N) is 1. The second kappa shape index (κ2) is 8.39. The molecule has 2 rings (SSSR count). The molecule has 1 aromatic heterocycles. The summed E-state index contributed by atoms with van der Waals surface area (Å²) in [4.78, 5) is 4.38. The van der Waals surface area contributed by atoms with Crippen molar-refractivity contribution in [3.05, 3.63) is 23.9 Å². The van der Waals surface area contributed by atoms with Crippen LogP contribution in [0.3, 0.4) is 0 Å². The van der Waals surface area contributed by atoms with Gasteiger partial charge in [-0.3, -0.25) is 0 Å². The lowest BCUT2D eigenvalue weighted by Crippen LogP contribution is -2.22. The molecule has 0 bridgehead atoms. The van der Waals surface area contributed by atoms with Gasteiger partial charge < -0.3 is 10.5 Å². The van der Waals surface area contributed by atoms with Crippen molar-refractivity contribution in [1.29, 1.82) is 0 Å². The van der Waals surface area contributed by atoms with Crippen LogP contribution in [0, 0.1) is 0 Å². The van der Waals surface area contributed by atoms with Gasteiger partial charge in [-0.2, -0.15) is 0 Å². The fraction of sp³-hybridized carbons (Fsp3) is 0.667. The Labute approximate surface area is 122 Å². The number of hydrogen-bond donors (Lipinski definition) is 1. The molecule has 0 saturated heterocycles. The van der Waals surface area contributed by atoms with Gasteiger partial charge in [-0.15, -0.1) is 12.4 Å². The highest BCUT2D eigenvalue weighted by Gasteiger charge is 2.15. The Balaban J connectivity index is 0.00000180. The lowest BCUT2D eigenvalue weighted by molar-refractivity contribution is 0.148. The second-order valence-electron chi connectivity index (χ2n) is 5.26. The van der Waals surface area contributed by atoms with E-state index in [9.17, 15) is 0 Å². The minimum Gasteiger partial charge on any atom is -0.474 e. The van der Waals surface area contributed by atoms with Crippen molar-refractivity contribution in [2.24, 2.45) is 5.73 Å². The van der Waals surface area contributed by atoms with E-state index < -0.39 is 0 Å². The Morgan fingerprint density at radius 1 is 1.32 bits per heavy atom. The number of halogens is 1. The third-order valence-electron chi connectivity index (χ3n) is 3.66. The molecular formula is C15H25ClN2O. The predicted octanol–water partition coefficient (Wildman–Crippen LogP) is 3.49. The third-order valence-corrected chi connectivity index (χ3v) is 3.66. The molecule has 1 saturated carbocycles. The van der Waals surface area contributed by atoms with Crippen molar-refractivity contribution in [3.8, 4) is 5.88 Å². The van der Waals surface area contributed by atoms with Crippen LogP contribution in [0.15, 0.2) is 18.3 Å². The van der Waals surface area contributed by atoms with Gasteiger partial charge in [0, 0.05) is 18.3 Å². The molecule has 1 fully saturated rings. The minimum atomic E-state index is 0. The van der Waals surface area contributed by atoms with Crippen LogP contribution in [0.2, 0.25) is 0 Å². The normalized spacial score (nSPS) is 17.6. The molecule has 2 N–H and O–H groups in total. The first-order valence-electron chi connectivity index (χ1n) is 7.15. The fourth-order valence-electron chi connectivity index (χ4n) is 2.40. The molecule has 4 heteroatoms. The molecule has 108 valence electrons. The van der Waals surface area contributed by atoms with Crippen LogP contribution < -0.4 is 10.5 Å². The van der Waals surface area contributed by atoms with Gasteiger partial charge in [0.2, 0.25) is 5.88 Å². The number of rotatable bonds is 5. The summed E-state index contributed by atoms with van der Waals surface area (Å²) in [6.45, 7) is 2.11. The summed E-state index contributed by atoms with van der Waals surface area (Å²) < 4.78 is 5.90. The first-order valence-corrected chi connectivity index (χ1v) is 7.15. The summed E-state index contributed by atoms with van der Waals surface area (Å²) in [6, 6.07) is 4.30. The van der Waals surface area contributed by atoms with Crippen LogP contribution >= 0.6 is 12.4 Å². The van der Waals surface area contributed by atoms with Crippen molar-refractivity contribution in [3.63, 3.8) is 0 Å². The highest BCUT2D eigenvalue weighted by atomic mass is 35.5. The molecule has 0 aromatic carbocycles. The lowest BCUT2D eigenvalue weighted by Gasteiger charge is -2.22. The molecule has 0 radical (unpaired) electrons. The van der Waals surface area contributed by atoms with Crippen molar-refractivity contribution in [2.75, 3.05) is 0 Å². The van der Waals surface area contributed by atoms with Crippen LogP contribution in [-0.4, -0.2) is 17.1 Å². The standard InChI is InChI=1S/C15H24N2O.ClH/c1-2-13(16)10-12-8-9-15(17-11-12)18-14-6-4-3-5-7-14;/h8-9,11,13-14H,2-7,10,16H2,1H3;1H. The van der Waals surface area contributed by atoms with Crippen molar-refractivity contribution in [2.45, 2.75) is 64.0 Å². The molecule has 1 aliphatic rings. The van der Waals surface area contributed by atoms with Gasteiger partial charge in [0.25, 0.3) is 0 Å². The second-order valence-corrected chi connectivity index (χ2v) is 5.26. The van der Waals surface area contributed by atoms with Gasteiger partial charge in [0.1, 0.15) is 6.10 Å². The van der Waals surface area contributed by atoms with Crippen LogP contribution in [-0.2, 0) is 6.42 Å². The average molecular weight is 285 g/mol. The molecule has 1 aliphatic carbocycles. The van der Waals surface area contributed by atoms with Crippen LogP contribution in [0.5, 0.6) is 5.88 Å². The molecular weight excluding hydrogens is 260 g/mol. The zero-order valence-electron chi connectivity index (χ0n) is 11.7. The Morgan fingerprint density at radius 3 is 2.63 bits per heavy atom. The van der Waals surface area contributed by atoms with E-state index in [1.54, 1.807) is 0 Å². The van der Waals surface area contributed by atoms with E-state index in [-0.39, 0.29) is 18.4 Å². The van der Waals surface area contributed by atoms with Gasteiger partial charge in [0.15, 0.2) is 0 Å². The smallest absolute Gasteiger partial charge is 0.213 e. The van der Waals surface area contributed by atoms with Crippen LogP contribution in [0.25, 0.3) is 0 Å². The maximum absolute atomic E-state index is 5.93. The van der Waals surface area contributed by atoms with E-state index in [0.29, 0.717) is 6.10 Å². The minimum absolute atomic E-state index is 0. The lowest BCUT2D eigenvalue weighted by atomic mass is 9.98. The number of ether oxygens (including phenoxy) is 1. The zero-order valence-corrected chi connectivity index (χ0v) is 12.5. The number of pyridine rings is 1. The van der Waals surface area contributed by atoms with Crippen molar-refractivity contribution in [1.82, 2.24) is 4.98 Å². The number of nitrogens with two attached hydrogens (primary N) is 1. The number of hydrogen-bond acceptors (Lipinski definition) is 3. The zero-order chi connectivity index (χ0) is 12.8. The first-order chi connectivity index (χ1) is 8.78. The van der Waals surface area contributed by atoms with Gasteiger partial charge in [-0.05, 0) is 44.1 Å². The van der Waals surface area contributed by atoms with E-state index in [2.05, 4.69) is 18.0 Å². The fourth-order valence-corrected chi connectivity index (χ4v) is 2.40. The maximum atomic E-state index is 5.93. The van der Waals surface area contributed by atoms with E-state index in [1.165, 1.54) is 37.7 Å². The monoisotopic (exact) mass is 284 g/mol. The Morgan fingerprint density at radius 2 is 2.05 bits per heavy atom. The first kappa shape index (κ1) is 16.3. The van der Waals surface area contributed by atoms with Crippen LogP contribution in [0.1, 0.15) is 51.0 Å². The summed E-state index contributed by atoms with van der Waals surface area (Å²) in [6.07, 6.45) is 10.4.